The lowest BCUT2D eigenvalue weighted by Crippen LogP contribution is -2.46. The number of carbonyl (C=O) groups excluding carboxylic acids is 2. The third-order valence-corrected chi connectivity index (χ3v) is 13.8. The van der Waals surface area contributed by atoms with Crippen LogP contribution in [0.25, 0.3) is 0 Å². The molecule has 0 heterocycles. The molecule has 0 aliphatic carbocycles. The van der Waals surface area contributed by atoms with Gasteiger partial charge in [-0.05, 0) is 51.4 Å². The maximum Gasteiger partial charge on any atom is 0.306 e. The van der Waals surface area contributed by atoms with Crippen molar-refractivity contribution in [3.05, 3.63) is 24.3 Å². The zero-order chi connectivity index (χ0) is 48.1. The van der Waals surface area contributed by atoms with Gasteiger partial charge in [-0.3, -0.25) is 9.59 Å². The predicted octanol–water partition coefficient (Wildman–Crippen LogP) is 18.2. The molecule has 6 heteroatoms. The van der Waals surface area contributed by atoms with Crippen molar-refractivity contribution in [1.82, 2.24) is 5.32 Å². The van der Waals surface area contributed by atoms with Crippen LogP contribution in [0.1, 0.15) is 323 Å². The minimum absolute atomic E-state index is 0.0658. The van der Waals surface area contributed by atoms with E-state index in [4.69, 9.17) is 4.74 Å². The average Bonchev–Trinajstić information content (AvgIpc) is 3.31. The van der Waals surface area contributed by atoms with Gasteiger partial charge in [0.2, 0.25) is 5.91 Å². The zero-order valence-corrected chi connectivity index (χ0v) is 44.6. The minimum atomic E-state index is -0.791. The van der Waals surface area contributed by atoms with Crippen molar-refractivity contribution in [2.75, 3.05) is 6.61 Å². The highest BCUT2D eigenvalue weighted by Crippen LogP contribution is 2.19. The molecule has 66 heavy (non-hydrogen) atoms. The molecule has 0 aliphatic rings. The molecule has 390 valence electrons. The molecule has 0 spiro atoms. The monoisotopic (exact) mass is 930 g/mol. The van der Waals surface area contributed by atoms with Gasteiger partial charge in [-0.2, -0.15) is 0 Å². The van der Waals surface area contributed by atoms with Crippen LogP contribution in [0.5, 0.6) is 0 Å². The van der Waals surface area contributed by atoms with Crippen LogP contribution < -0.4 is 5.32 Å². The Hall–Kier alpha value is -1.66. The maximum absolute atomic E-state index is 13.3. The third-order valence-electron chi connectivity index (χ3n) is 13.8. The van der Waals surface area contributed by atoms with Gasteiger partial charge >= 0.3 is 5.97 Å². The van der Waals surface area contributed by atoms with Crippen molar-refractivity contribution in [2.45, 2.75) is 341 Å². The number of amides is 1. The van der Waals surface area contributed by atoms with Gasteiger partial charge in [0, 0.05) is 6.42 Å². The highest BCUT2D eigenvalue weighted by molar-refractivity contribution is 5.77. The Morgan fingerprint density at radius 2 is 0.758 bits per heavy atom. The van der Waals surface area contributed by atoms with E-state index in [1.165, 1.54) is 212 Å². The third kappa shape index (κ3) is 48.8. The van der Waals surface area contributed by atoms with E-state index < -0.39 is 18.2 Å². The fourth-order valence-electron chi connectivity index (χ4n) is 9.31. The van der Waals surface area contributed by atoms with E-state index in [2.05, 4.69) is 50.4 Å². The van der Waals surface area contributed by atoms with Crippen molar-refractivity contribution in [1.29, 1.82) is 0 Å². The second kappa shape index (κ2) is 54.3. The van der Waals surface area contributed by atoms with Crippen molar-refractivity contribution in [2.24, 2.45) is 0 Å². The maximum atomic E-state index is 13.3. The average molecular weight is 931 g/mol. The summed E-state index contributed by atoms with van der Waals surface area (Å²) in [5.41, 5.74) is 0. The van der Waals surface area contributed by atoms with Crippen molar-refractivity contribution < 1.29 is 24.5 Å². The molecule has 6 nitrogen and oxygen atoms in total. The summed E-state index contributed by atoms with van der Waals surface area (Å²) in [6.45, 7) is 6.51. The Labute approximate surface area is 411 Å². The van der Waals surface area contributed by atoms with Crippen molar-refractivity contribution in [3.8, 4) is 0 Å². The molecule has 0 bridgehead atoms. The van der Waals surface area contributed by atoms with E-state index in [0.717, 1.165) is 64.2 Å². The topological polar surface area (TPSA) is 95.9 Å². The first-order chi connectivity index (χ1) is 32.5. The summed E-state index contributed by atoms with van der Waals surface area (Å²) in [4.78, 5) is 26.3. The van der Waals surface area contributed by atoms with Gasteiger partial charge in [-0.1, -0.05) is 283 Å². The van der Waals surface area contributed by atoms with Crippen LogP contribution in [0.4, 0.5) is 0 Å². The second-order valence-electron chi connectivity index (χ2n) is 20.4. The van der Waals surface area contributed by atoms with Crippen LogP contribution in [0.2, 0.25) is 0 Å². The summed E-state index contributed by atoms with van der Waals surface area (Å²) in [7, 11) is 0. The number of aliphatic hydroxyl groups is 2. The Morgan fingerprint density at radius 3 is 1.14 bits per heavy atom. The molecule has 1 amide bonds. The van der Waals surface area contributed by atoms with Crippen molar-refractivity contribution in [3.63, 3.8) is 0 Å². The number of nitrogens with one attached hydrogen (secondary N) is 1. The van der Waals surface area contributed by atoms with Gasteiger partial charge in [-0.25, -0.2) is 0 Å². The summed E-state index contributed by atoms with van der Waals surface area (Å²) < 4.78 is 5.96. The Kier molecular flexibility index (Phi) is 52.9. The summed E-state index contributed by atoms with van der Waals surface area (Å²) in [5, 5.41) is 23.9. The number of hydrogen-bond donors (Lipinski definition) is 3. The number of rotatable bonds is 54. The van der Waals surface area contributed by atoms with Gasteiger partial charge in [0.1, 0.15) is 6.10 Å². The Morgan fingerprint density at radius 1 is 0.439 bits per heavy atom. The predicted molar refractivity (Wildman–Crippen MR) is 287 cm³/mol. The lowest BCUT2D eigenvalue weighted by Gasteiger charge is -2.24. The number of aliphatic hydroxyl groups excluding tert-OH is 2. The lowest BCUT2D eigenvalue weighted by molar-refractivity contribution is -0.151. The molecule has 0 rings (SSSR count). The van der Waals surface area contributed by atoms with E-state index >= 15 is 0 Å². The number of ether oxygens (including phenoxy) is 1. The van der Waals surface area contributed by atoms with Crippen molar-refractivity contribution >= 4 is 11.9 Å². The van der Waals surface area contributed by atoms with Gasteiger partial charge in [0.25, 0.3) is 0 Å². The van der Waals surface area contributed by atoms with Crippen LogP contribution in [-0.2, 0) is 14.3 Å². The lowest BCUT2D eigenvalue weighted by atomic mass is 10.0. The quantitative estimate of drug-likeness (QED) is 0.0321. The molecule has 3 atom stereocenters. The number of esters is 1. The van der Waals surface area contributed by atoms with E-state index in [-0.39, 0.29) is 24.9 Å². The second-order valence-corrected chi connectivity index (χ2v) is 20.4. The van der Waals surface area contributed by atoms with E-state index in [9.17, 15) is 19.8 Å². The summed E-state index contributed by atoms with van der Waals surface area (Å²) in [5.74, 6) is -0.479. The van der Waals surface area contributed by atoms with Gasteiger partial charge < -0.3 is 20.3 Å². The van der Waals surface area contributed by atoms with Crippen LogP contribution in [0, 0.1) is 0 Å². The van der Waals surface area contributed by atoms with Gasteiger partial charge in [0.05, 0.1) is 25.2 Å². The normalized spacial score (nSPS) is 13.2. The van der Waals surface area contributed by atoms with E-state index in [0.29, 0.717) is 19.3 Å². The zero-order valence-electron chi connectivity index (χ0n) is 44.6. The molecule has 0 aliphatic heterocycles. The Balaban J connectivity index is 4.56. The number of allylic oxidation sites excluding steroid dienone is 4. The van der Waals surface area contributed by atoms with Crippen LogP contribution in [-0.4, -0.2) is 46.9 Å². The molecule has 0 aromatic carbocycles. The highest BCUT2D eigenvalue weighted by atomic mass is 16.5. The van der Waals surface area contributed by atoms with Crippen LogP contribution in [0.3, 0.4) is 0 Å². The first kappa shape index (κ1) is 64.3. The summed E-state index contributed by atoms with van der Waals surface area (Å²) >= 11 is 0. The molecule has 3 N–H and O–H groups in total. The smallest absolute Gasteiger partial charge is 0.306 e. The van der Waals surface area contributed by atoms with Gasteiger partial charge in [0.15, 0.2) is 0 Å². The van der Waals surface area contributed by atoms with Gasteiger partial charge in [-0.15, -0.1) is 0 Å². The number of hydrogen-bond acceptors (Lipinski definition) is 5. The Bertz CT molecular complexity index is 1040. The van der Waals surface area contributed by atoms with Crippen LogP contribution >= 0.6 is 0 Å². The largest absolute Gasteiger partial charge is 0.462 e. The molecule has 0 aromatic rings. The molecule has 0 radical (unpaired) electrons. The van der Waals surface area contributed by atoms with E-state index in [1.54, 1.807) is 0 Å². The van der Waals surface area contributed by atoms with E-state index in [1.807, 2.05) is 0 Å². The SMILES string of the molecule is CCCCCCCCC/C=C/C=C/CCCCCC(CC(=O)NC(CO)C(O)CCCCCCCCCCCCCCCC)OC(=O)CCCCCCCCCCCCCCCCCCC. The molecule has 0 aromatic heterocycles. The first-order valence-electron chi connectivity index (χ1n) is 29.6. The molecular weight excluding hydrogens is 815 g/mol. The number of carbonyl (C=O) groups is 2. The molecule has 0 fully saturated rings. The fraction of sp³-hybridized carbons (Fsp3) is 0.900. The summed E-state index contributed by atoms with van der Waals surface area (Å²) in [6, 6.07) is -0.706. The molecule has 0 saturated carbocycles. The fourth-order valence-corrected chi connectivity index (χ4v) is 9.31. The first-order valence-corrected chi connectivity index (χ1v) is 29.6. The molecule has 3 unspecified atom stereocenters. The van der Waals surface area contributed by atoms with Crippen LogP contribution in [0.15, 0.2) is 24.3 Å². The standard InChI is InChI=1S/C60H115NO5/c1-4-7-10-13-16-19-22-25-28-30-32-35-38-41-44-47-50-53-60(65)66-56(51-48-45-42-39-36-33-31-29-26-23-20-17-14-11-8-5-2)54-59(64)61-57(55-62)58(63)52-49-46-43-40-37-34-27-24-21-18-15-12-9-6-3/h29,31,33,36,56-58,62-63H,4-28,30,32,34-35,37-55H2,1-3H3,(H,61,64)/b31-29+,36-33+. The number of unbranched alkanes of at least 4 members (excludes halogenated alkanes) is 39. The molecular formula is C60H115NO5. The minimum Gasteiger partial charge on any atom is -0.462 e. The highest BCUT2D eigenvalue weighted by Gasteiger charge is 2.24. The summed E-state index contributed by atoms with van der Waals surface area (Å²) in [6.07, 6.45) is 63.9. The molecule has 0 saturated heterocycles.